The average molecular weight is 204 g/mol. The second-order valence-corrected chi connectivity index (χ2v) is 2.31. The minimum absolute atomic E-state index is 0. The number of aliphatic hydroxyl groups excluding tert-OH is 1. The Morgan fingerprint density at radius 3 is 2.29 bits per heavy atom. The maximum Gasteiger partial charge on any atom is 1.00 e. The van der Waals surface area contributed by atoms with Crippen molar-refractivity contribution in [1.29, 1.82) is 0 Å². The first-order valence-electron chi connectivity index (χ1n) is 4.03. The van der Waals surface area contributed by atoms with Crippen molar-refractivity contribution in [1.82, 2.24) is 0 Å². The first-order valence-corrected chi connectivity index (χ1v) is 4.03. The molecule has 0 aliphatic rings. The van der Waals surface area contributed by atoms with E-state index in [0.717, 1.165) is 6.42 Å². The van der Waals surface area contributed by atoms with Crippen LogP contribution in [-0.2, 0) is 0 Å². The van der Waals surface area contributed by atoms with E-state index in [-0.39, 0.29) is 35.1 Å². The molecule has 0 saturated heterocycles. The van der Waals surface area contributed by atoms with Gasteiger partial charge in [-0.05, 0) is 6.42 Å². The topological polar surface area (TPSA) is 57.5 Å². The van der Waals surface area contributed by atoms with E-state index in [4.69, 9.17) is 10.2 Å². The molecule has 0 saturated carbocycles. The zero-order chi connectivity index (χ0) is 10.1. The maximum atomic E-state index is 10.2. The number of aliphatic hydroxyl groups is 1. The van der Waals surface area contributed by atoms with E-state index >= 15 is 0 Å². The number of carboxylic acid groups (broad SMARTS) is 1. The Balaban J connectivity index is 0. The van der Waals surface area contributed by atoms with Crippen LogP contribution in [0.4, 0.5) is 0 Å². The summed E-state index contributed by atoms with van der Waals surface area (Å²) in [6.45, 7) is 2.25. The van der Waals surface area contributed by atoms with Crippen LogP contribution in [0.1, 0.15) is 23.7 Å². The summed E-state index contributed by atoms with van der Waals surface area (Å²) in [7, 11) is 0. The van der Waals surface area contributed by atoms with Crippen LogP contribution in [0.15, 0.2) is 24.3 Å². The number of carbonyl (C=O) groups is 1. The van der Waals surface area contributed by atoms with Gasteiger partial charge < -0.3 is 15.0 Å². The zero-order valence-electron chi connectivity index (χ0n) is 8.53. The third kappa shape index (κ3) is 8.26. The van der Waals surface area contributed by atoms with Crippen molar-refractivity contribution in [3.63, 3.8) is 0 Å². The molecule has 1 rings (SSSR count). The van der Waals surface area contributed by atoms with Gasteiger partial charge in [0.25, 0.3) is 0 Å². The number of carboxylic acids is 1. The zero-order valence-corrected chi connectivity index (χ0v) is 10.5. The van der Waals surface area contributed by atoms with Gasteiger partial charge in [-0.3, -0.25) is 0 Å². The Hall–Kier alpha value is -0.350. The van der Waals surface area contributed by atoms with E-state index in [1.54, 1.807) is 18.2 Å². The van der Waals surface area contributed by atoms with E-state index in [1.165, 1.54) is 6.07 Å². The molecule has 1 aromatic rings. The predicted molar refractivity (Wildman–Crippen MR) is 49.6 cm³/mol. The summed E-state index contributed by atoms with van der Waals surface area (Å²) in [4.78, 5) is 10.2. The summed E-state index contributed by atoms with van der Waals surface area (Å²) in [6, 6.07) is 9.04. The van der Waals surface area contributed by atoms with Crippen LogP contribution < -0.4 is 29.6 Å². The monoisotopic (exact) mass is 204 g/mol. The molecule has 1 aromatic carbocycles. The third-order valence-corrected chi connectivity index (χ3v) is 1.16. The molecule has 72 valence electrons. The van der Waals surface area contributed by atoms with Crippen LogP contribution in [0.25, 0.3) is 0 Å². The molecule has 0 unspecified atom stereocenters. The smallest absolute Gasteiger partial charge is 0.521 e. The summed E-state index contributed by atoms with van der Waals surface area (Å²) in [5.41, 5.74) is 0.206. The average Bonchev–Trinajstić information content (AvgIpc) is 2.19. The molecule has 0 aliphatic heterocycles. The van der Waals surface area contributed by atoms with E-state index < -0.39 is 5.97 Å². The molecule has 0 aromatic heterocycles. The molecule has 0 atom stereocenters. The molecule has 0 aliphatic carbocycles. The number of aromatic carboxylic acids is 1. The number of benzene rings is 1. The summed E-state index contributed by atoms with van der Waals surface area (Å²) in [6.07, 6.45) is 0.875. The van der Waals surface area contributed by atoms with Gasteiger partial charge >= 0.3 is 29.6 Å². The molecule has 0 amide bonds. The fourth-order valence-corrected chi connectivity index (χ4v) is 0.526. The van der Waals surface area contributed by atoms with Crippen molar-refractivity contribution < 1.29 is 44.6 Å². The molecule has 0 spiro atoms. The molecule has 4 heteroatoms. The molecule has 3 nitrogen and oxygen atoms in total. The fourth-order valence-electron chi connectivity index (χ4n) is 0.526. The minimum atomic E-state index is -0.935. The second kappa shape index (κ2) is 10.7. The van der Waals surface area contributed by atoms with Gasteiger partial charge in [-0.2, -0.15) is 0 Å². The van der Waals surface area contributed by atoms with Crippen LogP contribution in [0.3, 0.4) is 0 Å². The molecule has 2 N–H and O–H groups in total. The standard InChI is InChI=1S/C7H5O2.C3H8O.Na/c8-7(9)6-4-2-1-3-5-6;1-2-3-4;/h1-4H,(H,8,9);4H,2-3H2,1H3;/q-1;;+1. The van der Waals surface area contributed by atoms with Crippen LogP contribution in [0, 0.1) is 6.07 Å². The Bertz CT molecular complexity index is 234. The fraction of sp³-hybridized carbons (Fsp3) is 0.300. The minimum Gasteiger partial charge on any atom is -0.521 e. The molecule has 0 bridgehead atoms. The van der Waals surface area contributed by atoms with Gasteiger partial charge in [-0.1, -0.05) is 12.5 Å². The van der Waals surface area contributed by atoms with Gasteiger partial charge in [0.05, 0.1) is 0 Å². The largest absolute Gasteiger partial charge is 1.00 e. The van der Waals surface area contributed by atoms with E-state index in [9.17, 15) is 4.79 Å². The molecule has 0 radical (unpaired) electrons. The van der Waals surface area contributed by atoms with Crippen molar-refractivity contribution in [2.75, 3.05) is 6.61 Å². The van der Waals surface area contributed by atoms with Crippen molar-refractivity contribution in [2.24, 2.45) is 0 Å². The number of hydrogen-bond acceptors (Lipinski definition) is 2. The van der Waals surface area contributed by atoms with Gasteiger partial charge in [0.15, 0.2) is 0 Å². The Kier molecular flexibility index (Phi) is 12.3. The Morgan fingerprint density at radius 2 is 2.07 bits per heavy atom. The van der Waals surface area contributed by atoms with E-state index in [1.807, 2.05) is 6.92 Å². The van der Waals surface area contributed by atoms with E-state index in [0.29, 0.717) is 6.61 Å². The van der Waals surface area contributed by atoms with Crippen molar-refractivity contribution in [3.8, 4) is 0 Å². The molecular weight excluding hydrogens is 191 g/mol. The SMILES string of the molecule is CCCO.O=C(O)c1[c-]cccc1.[Na+]. The van der Waals surface area contributed by atoms with Crippen LogP contribution in [0.2, 0.25) is 0 Å². The van der Waals surface area contributed by atoms with Crippen molar-refractivity contribution in [3.05, 3.63) is 35.9 Å². The van der Waals surface area contributed by atoms with Gasteiger partial charge in [0.2, 0.25) is 5.97 Å². The number of hydrogen-bond donors (Lipinski definition) is 2. The maximum absolute atomic E-state index is 10.2. The normalized spacial score (nSPS) is 7.86. The quantitative estimate of drug-likeness (QED) is 0.459. The van der Waals surface area contributed by atoms with Crippen molar-refractivity contribution in [2.45, 2.75) is 13.3 Å². The van der Waals surface area contributed by atoms with Crippen LogP contribution in [0.5, 0.6) is 0 Å². The van der Waals surface area contributed by atoms with Gasteiger partial charge in [0, 0.05) is 6.61 Å². The van der Waals surface area contributed by atoms with Gasteiger partial charge in [-0.25, -0.2) is 0 Å². The first kappa shape index (κ1) is 16.1. The molecular formula is C10H13NaO3. The van der Waals surface area contributed by atoms with Gasteiger partial charge in [0.1, 0.15) is 0 Å². The Morgan fingerprint density at radius 1 is 1.50 bits per heavy atom. The molecule has 0 heterocycles. The molecule has 0 fully saturated rings. The van der Waals surface area contributed by atoms with Gasteiger partial charge in [-0.15, -0.1) is 30.3 Å². The summed E-state index contributed by atoms with van der Waals surface area (Å²) in [5.74, 6) is -0.935. The summed E-state index contributed by atoms with van der Waals surface area (Å²) >= 11 is 0. The third-order valence-electron chi connectivity index (χ3n) is 1.16. The van der Waals surface area contributed by atoms with E-state index in [2.05, 4.69) is 6.07 Å². The summed E-state index contributed by atoms with van der Waals surface area (Å²) < 4.78 is 0. The second-order valence-electron chi connectivity index (χ2n) is 2.31. The molecule has 14 heavy (non-hydrogen) atoms. The first-order chi connectivity index (χ1) is 6.22. The van der Waals surface area contributed by atoms with Crippen LogP contribution in [-0.4, -0.2) is 22.8 Å². The predicted octanol–water partition coefficient (Wildman–Crippen LogP) is -1.42. The number of rotatable bonds is 2. The van der Waals surface area contributed by atoms with Crippen molar-refractivity contribution >= 4 is 5.97 Å². The summed E-state index contributed by atoms with van der Waals surface area (Å²) in [5, 5.41) is 16.2. The van der Waals surface area contributed by atoms with Crippen LogP contribution >= 0.6 is 0 Å². The Labute approximate surface area is 106 Å².